The second kappa shape index (κ2) is 6.26. The normalized spacial score (nSPS) is 21.8. The van der Waals surface area contributed by atoms with E-state index in [0.717, 1.165) is 18.5 Å². The lowest BCUT2D eigenvalue weighted by Gasteiger charge is -2.43. The van der Waals surface area contributed by atoms with Crippen LogP contribution < -0.4 is 4.90 Å². The highest BCUT2D eigenvalue weighted by atomic mass is 35.5. The van der Waals surface area contributed by atoms with Crippen LogP contribution in [0, 0.1) is 0 Å². The van der Waals surface area contributed by atoms with Crippen molar-refractivity contribution in [2.75, 3.05) is 18.1 Å². The molecule has 0 aliphatic heterocycles. The lowest BCUT2D eigenvalue weighted by molar-refractivity contribution is -0.135. The van der Waals surface area contributed by atoms with Gasteiger partial charge in [-0.1, -0.05) is 11.6 Å². The van der Waals surface area contributed by atoms with Crippen molar-refractivity contribution in [3.63, 3.8) is 0 Å². The number of aliphatic carboxylic acids is 1. The van der Waals surface area contributed by atoms with Gasteiger partial charge in [0.2, 0.25) is 0 Å². The number of carboxylic acid groups (broad SMARTS) is 1. The summed E-state index contributed by atoms with van der Waals surface area (Å²) in [6, 6.07) is 7.52. The number of rotatable bonds is 6. The van der Waals surface area contributed by atoms with E-state index in [2.05, 4.69) is 0 Å². The van der Waals surface area contributed by atoms with Crippen molar-refractivity contribution >= 4 is 23.3 Å². The Kier molecular flexibility index (Phi) is 4.66. The molecule has 1 fully saturated rings. The number of nitrogens with zero attached hydrogens (tertiary/aromatic N) is 1. The minimum absolute atomic E-state index is 0.00510. The van der Waals surface area contributed by atoms with Gasteiger partial charge in [0.15, 0.2) is 0 Å². The topological polar surface area (TPSA) is 49.8 Å². The van der Waals surface area contributed by atoms with E-state index < -0.39 is 5.97 Å². The zero-order chi connectivity index (χ0) is 13.8. The zero-order valence-corrected chi connectivity index (χ0v) is 11.6. The van der Waals surface area contributed by atoms with E-state index in [0.29, 0.717) is 11.6 Å². The lowest BCUT2D eigenvalue weighted by Crippen LogP contribution is -2.50. The van der Waals surface area contributed by atoms with Crippen molar-refractivity contribution < 1.29 is 14.6 Å². The van der Waals surface area contributed by atoms with Crippen LogP contribution >= 0.6 is 11.6 Å². The molecule has 0 saturated heterocycles. The van der Waals surface area contributed by atoms with Crippen LogP contribution in [-0.2, 0) is 9.53 Å². The average molecular weight is 284 g/mol. The smallest absolute Gasteiger partial charge is 0.323 e. The standard InChI is InChI=1S/C14H18ClNO3/c1-2-19-13-7-12(8-13)16(9-14(17)18)11-5-3-10(15)4-6-11/h3-6,12-13H,2,7-9H2,1H3,(H,17,18). The first-order valence-corrected chi connectivity index (χ1v) is 6.83. The van der Waals surface area contributed by atoms with Gasteiger partial charge in [-0.3, -0.25) is 4.79 Å². The fraction of sp³-hybridized carbons (Fsp3) is 0.500. The lowest BCUT2D eigenvalue weighted by atomic mass is 9.87. The van der Waals surface area contributed by atoms with E-state index in [1.165, 1.54) is 0 Å². The molecular weight excluding hydrogens is 266 g/mol. The maximum Gasteiger partial charge on any atom is 0.323 e. The molecule has 1 N–H and O–H groups in total. The molecule has 4 nitrogen and oxygen atoms in total. The minimum atomic E-state index is -0.824. The molecule has 0 radical (unpaired) electrons. The van der Waals surface area contributed by atoms with Crippen molar-refractivity contribution in [2.24, 2.45) is 0 Å². The summed E-state index contributed by atoms with van der Waals surface area (Å²) in [7, 11) is 0. The monoisotopic (exact) mass is 283 g/mol. The second-order valence-electron chi connectivity index (χ2n) is 4.70. The summed E-state index contributed by atoms with van der Waals surface area (Å²) in [5.74, 6) is -0.824. The summed E-state index contributed by atoms with van der Waals surface area (Å²) in [4.78, 5) is 12.9. The van der Waals surface area contributed by atoms with Gasteiger partial charge in [-0.25, -0.2) is 0 Å². The minimum Gasteiger partial charge on any atom is -0.480 e. The third-order valence-corrected chi connectivity index (χ3v) is 3.63. The van der Waals surface area contributed by atoms with Gasteiger partial charge >= 0.3 is 5.97 Å². The van der Waals surface area contributed by atoms with Crippen molar-refractivity contribution in [3.05, 3.63) is 29.3 Å². The molecule has 0 spiro atoms. The average Bonchev–Trinajstić information content (AvgIpc) is 2.32. The summed E-state index contributed by atoms with van der Waals surface area (Å²) < 4.78 is 5.52. The number of ether oxygens (including phenoxy) is 1. The van der Waals surface area contributed by atoms with Crippen molar-refractivity contribution in [2.45, 2.75) is 31.9 Å². The molecule has 1 aliphatic rings. The Labute approximate surface area is 117 Å². The Morgan fingerprint density at radius 1 is 1.42 bits per heavy atom. The number of hydrogen-bond donors (Lipinski definition) is 1. The quantitative estimate of drug-likeness (QED) is 0.872. The summed E-state index contributed by atoms with van der Waals surface area (Å²) in [5.41, 5.74) is 0.895. The highest BCUT2D eigenvalue weighted by Crippen LogP contribution is 2.32. The maximum atomic E-state index is 11.0. The maximum absolute atomic E-state index is 11.0. The van der Waals surface area contributed by atoms with Crippen molar-refractivity contribution in [1.29, 1.82) is 0 Å². The van der Waals surface area contributed by atoms with Crippen LogP contribution in [0.1, 0.15) is 19.8 Å². The van der Waals surface area contributed by atoms with Gasteiger partial charge in [-0.15, -0.1) is 0 Å². The first-order chi connectivity index (χ1) is 9.10. The van der Waals surface area contributed by atoms with Crippen LogP contribution in [0.3, 0.4) is 0 Å². The third-order valence-electron chi connectivity index (χ3n) is 3.38. The number of anilines is 1. The van der Waals surface area contributed by atoms with E-state index in [4.69, 9.17) is 21.4 Å². The van der Waals surface area contributed by atoms with Gasteiger partial charge in [0.25, 0.3) is 0 Å². The predicted octanol–water partition coefficient (Wildman–Crippen LogP) is 2.80. The summed E-state index contributed by atoms with van der Waals surface area (Å²) in [6.45, 7) is 2.68. The second-order valence-corrected chi connectivity index (χ2v) is 5.14. The molecule has 0 unspecified atom stereocenters. The Balaban J connectivity index is 2.05. The van der Waals surface area contributed by atoms with Gasteiger partial charge in [0.05, 0.1) is 6.10 Å². The molecule has 0 bridgehead atoms. The van der Waals surface area contributed by atoms with Crippen LogP contribution in [0.5, 0.6) is 0 Å². The molecule has 1 aromatic carbocycles. The summed E-state index contributed by atoms with van der Waals surface area (Å²) in [5, 5.41) is 9.69. The van der Waals surface area contributed by atoms with Gasteiger partial charge in [0.1, 0.15) is 6.54 Å². The van der Waals surface area contributed by atoms with Gasteiger partial charge in [-0.2, -0.15) is 0 Å². The van der Waals surface area contributed by atoms with Crippen LogP contribution in [0.2, 0.25) is 5.02 Å². The molecule has 0 heterocycles. The van der Waals surface area contributed by atoms with Crippen molar-refractivity contribution in [3.8, 4) is 0 Å². The number of hydrogen-bond acceptors (Lipinski definition) is 3. The number of halogens is 1. The largest absolute Gasteiger partial charge is 0.480 e. The Morgan fingerprint density at radius 3 is 2.58 bits per heavy atom. The molecule has 0 aromatic heterocycles. The Hall–Kier alpha value is -1.26. The summed E-state index contributed by atoms with van der Waals surface area (Å²) in [6.07, 6.45) is 2.02. The van der Waals surface area contributed by atoms with Gasteiger partial charge in [0, 0.05) is 23.4 Å². The number of carbonyl (C=O) groups is 1. The molecule has 2 rings (SSSR count). The zero-order valence-electron chi connectivity index (χ0n) is 10.9. The molecular formula is C14H18ClNO3. The van der Waals surface area contributed by atoms with Crippen molar-refractivity contribution in [1.82, 2.24) is 0 Å². The van der Waals surface area contributed by atoms with E-state index in [-0.39, 0.29) is 18.7 Å². The Morgan fingerprint density at radius 2 is 2.05 bits per heavy atom. The number of carboxylic acids is 1. The van der Waals surface area contributed by atoms with Crippen LogP contribution in [0.25, 0.3) is 0 Å². The van der Waals surface area contributed by atoms with Crippen LogP contribution in [0.4, 0.5) is 5.69 Å². The SMILES string of the molecule is CCOC1CC(N(CC(=O)O)c2ccc(Cl)cc2)C1. The summed E-state index contributed by atoms with van der Waals surface area (Å²) >= 11 is 5.86. The van der Waals surface area contributed by atoms with E-state index >= 15 is 0 Å². The first kappa shape index (κ1) is 14.2. The Bertz CT molecular complexity index is 429. The molecule has 19 heavy (non-hydrogen) atoms. The highest BCUT2D eigenvalue weighted by Gasteiger charge is 2.35. The molecule has 0 amide bonds. The fourth-order valence-electron chi connectivity index (χ4n) is 2.37. The molecule has 104 valence electrons. The molecule has 1 aliphatic carbocycles. The molecule has 1 aromatic rings. The van der Waals surface area contributed by atoms with E-state index in [9.17, 15) is 4.79 Å². The number of benzene rings is 1. The van der Waals surface area contributed by atoms with E-state index in [1.54, 1.807) is 12.1 Å². The van der Waals surface area contributed by atoms with E-state index in [1.807, 2.05) is 24.0 Å². The molecule has 1 saturated carbocycles. The fourth-order valence-corrected chi connectivity index (χ4v) is 2.50. The van der Waals surface area contributed by atoms with Gasteiger partial charge < -0.3 is 14.7 Å². The highest BCUT2D eigenvalue weighted by molar-refractivity contribution is 6.30. The third kappa shape index (κ3) is 3.61. The molecule has 5 heteroatoms. The first-order valence-electron chi connectivity index (χ1n) is 6.45. The van der Waals surface area contributed by atoms with Gasteiger partial charge in [-0.05, 0) is 44.0 Å². The molecule has 0 atom stereocenters. The van der Waals surface area contributed by atoms with Crippen LogP contribution in [0.15, 0.2) is 24.3 Å². The predicted molar refractivity (Wildman–Crippen MR) is 74.9 cm³/mol. The van der Waals surface area contributed by atoms with Crippen LogP contribution in [-0.4, -0.2) is 36.4 Å².